The largest absolute Gasteiger partial charge is 0.359 e. The second kappa shape index (κ2) is 6.84. The van der Waals surface area contributed by atoms with Gasteiger partial charge in [-0.1, -0.05) is 47.6 Å². The third kappa shape index (κ3) is 3.09. The highest BCUT2D eigenvalue weighted by Crippen LogP contribution is 2.24. The highest BCUT2D eigenvalue weighted by atomic mass is 16.5. The molecule has 0 aliphatic carbocycles. The van der Waals surface area contributed by atoms with Crippen LogP contribution in [0.25, 0.3) is 11.0 Å². The smallest absolute Gasteiger partial charge is 0.248 e. The van der Waals surface area contributed by atoms with Crippen LogP contribution in [0.5, 0.6) is 0 Å². The Labute approximate surface area is 150 Å². The van der Waals surface area contributed by atoms with E-state index in [1.165, 1.54) is 0 Å². The van der Waals surface area contributed by atoms with Crippen LogP contribution in [0.2, 0.25) is 0 Å². The third-order valence-electron chi connectivity index (χ3n) is 4.24. The lowest BCUT2D eigenvalue weighted by Crippen LogP contribution is -2.32. The predicted molar refractivity (Wildman–Crippen MR) is 97.4 cm³/mol. The number of para-hydroxylation sites is 2. The molecule has 2 heterocycles. The van der Waals surface area contributed by atoms with E-state index in [0.717, 1.165) is 22.3 Å². The standard InChI is InChI=1S/C20H18N4O2/c1-14-11-16(26-23-14)12-21-20(25)19(15-7-3-2-4-8-15)24-13-22-17-9-5-6-10-18(17)24/h2-11,13,19H,12H2,1H3,(H,21,25). The molecular weight excluding hydrogens is 328 g/mol. The molecule has 6 nitrogen and oxygen atoms in total. The Balaban J connectivity index is 1.68. The highest BCUT2D eigenvalue weighted by molar-refractivity contribution is 5.86. The van der Waals surface area contributed by atoms with Gasteiger partial charge in [0.25, 0.3) is 0 Å². The van der Waals surface area contributed by atoms with Gasteiger partial charge in [-0.05, 0) is 24.6 Å². The van der Waals surface area contributed by atoms with Crippen LogP contribution >= 0.6 is 0 Å². The van der Waals surface area contributed by atoms with E-state index in [2.05, 4.69) is 15.5 Å². The molecule has 1 atom stereocenters. The van der Waals surface area contributed by atoms with Gasteiger partial charge in [-0.15, -0.1) is 0 Å². The van der Waals surface area contributed by atoms with Gasteiger partial charge >= 0.3 is 0 Å². The summed E-state index contributed by atoms with van der Waals surface area (Å²) in [6, 6.07) is 18.7. The molecule has 4 rings (SSSR count). The molecule has 1 N–H and O–H groups in total. The Hall–Kier alpha value is -3.41. The van der Waals surface area contributed by atoms with Gasteiger partial charge in [0, 0.05) is 6.07 Å². The van der Waals surface area contributed by atoms with Gasteiger partial charge in [0.05, 0.1) is 29.6 Å². The molecule has 1 amide bonds. The zero-order chi connectivity index (χ0) is 17.9. The topological polar surface area (TPSA) is 73.0 Å². The van der Waals surface area contributed by atoms with Crippen molar-refractivity contribution in [1.82, 2.24) is 20.0 Å². The van der Waals surface area contributed by atoms with Crippen molar-refractivity contribution in [2.45, 2.75) is 19.5 Å². The number of rotatable bonds is 5. The van der Waals surface area contributed by atoms with E-state index in [1.807, 2.05) is 72.2 Å². The fourth-order valence-corrected chi connectivity index (χ4v) is 3.03. The van der Waals surface area contributed by atoms with Crippen molar-refractivity contribution >= 4 is 16.9 Å². The first kappa shape index (κ1) is 16.1. The van der Waals surface area contributed by atoms with Crippen molar-refractivity contribution in [1.29, 1.82) is 0 Å². The van der Waals surface area contributed by atoms with Gasteiger partial charge < -0.3 is 14.4 Å². The van der Waals surface area contributed by atoms with Crippen molar-refractivity contribution in [2.24, 2.45) is 0 Å². The molecule has 2 aromatic carbocycles. The van der Waals surface area contributed by atoms with Crippen molar-refractivity contribution in [2.75, 3.05) is 0 Å². The quantitative estimate of drug-likeness (QED) is 0.602. The monoisotopic (exact) mass is 346 g/mol. The average molecular weight is 346 g/mol. The minimum absolute atomic E-state index is 0.131. The molecule has 0 fully saturated rings. The summed E-state index contributed by atoms with van der Waals surface area (Å²) in [6.45, 7) is 2.13. The fourth-order valence-electron chi connectivity index (χ4n) is 3.03. The van der Waals surface area contributed by atoms with E-state index >= 15 is 0 Å². The molecule has 6 heteroatoms. The summed E-state index contributed by atoms with van der Waals surface area (Å²) in [5.41, 5.74) is 3.44. The summed E-state index contributed by atoms with van der Waals surface area (Å²) in [5, 5.41) is 6.79. The molecule has 130 valence electrons. The third-order valence-corrected chi connectivity index (χ3v) is 4.24. The SMILES string of the molecule is Cc1cc(CNC(=O)C(c2ccccc2)n2cnc3ccccc32)on1. The van der Waals surface area contributed by atoms with Crippen LogP contribution in [0.15, 0.2) is 71.5 Å². The highest BCUT2D eigenvalue weighted by Gasteiger charge is 2.24. The van der Waals surface area contributed by atoms with E-state index in [4.69, 9.17) is 4.52 Å². The van der Waals surface area contributed by atoms with Gasteiger partial charge in [0.15, 0.2) is 5.76 Å². The number of aromatic nitrogens is 3. The van der Waals surface area contributed by atoms with E-state index in [9.17, 15) is 4.79 Å². The number of fused-ring (bicyclic) bond motifs is 1. The number of carbonyl (C=O) groups excluding carboxylic acids is 1. The lowest BCUT2D eigenvalue weighted by molar-refractivity contribution is -0.123. The van der Waals surface area contributed by atoms with Crippen LogP contribution in [0, 0.1) is 6.92 Å². The van der Waals surface area contributed by atoms with Gasteiger partial charge in [-0.25, -0.2) is 4.98 Å². The fraction of sp³-hybridized carbons (Fsp3) is 0.150. The lowest BCUT2D eigenvalue weighted by atomic mass is 10.1. The molecule has 0 saturated heterocycles. The van der Waals surface area contributed by atoms with Crippen molar-refractivity contribution in [3.05, 3.63) is 84.0 Å². The molecule has 0 aliphatic rings. The predicted octanol–water partition coefficient (Wildman–Crippen LogP) is 3.24. The number of amides is 1. The average Bonchev–Trinajstić information content (AvgIpc) is 3.28. The molecule has 0 aliphatic heterocycles. The summed E-state index contributed by atoms with van der Waals surface area (Å²) < 4.78 is 7.07. The van der Waals surface area contributed by atoms with Crippen LogP contribution in [0.4, 0.5) is 0 Å². The van der Waals surface area contributed by atoms with Crippen molar-refractivity contribution in [3.63, 3.8) is 0 Å². The molecule has 4 aromatic rings. The molecule has 2 aromatic heterocycles. The maximum Gasteiger partial charge on any atom is 0.248 e. The summed E-state index contributed by atoms with van der Waals surface area (Å²) in [4.78, 5) is 17.5. The molecular formula is C20H18N4O2. The lowest BCUT2D eigenvalue weighted by Gasteiger charge is -2.19. The molecule has 0 spiro atoms. The summed E-state index contributed by atoms with van der Waals surface area (Å²) in [7, 11) is 0. The summed E-state index contributed by atoms with van der Waals surface area (Å²) in [5.74, 6) is 0.492. The first-order valence-electron chi connectivity index (χ1n) is 8.39. The first-order chi connectivity index (χ1) is 12.7. The normalized spacial score (nSPS) is 12.2. The second-order valence-electron chi connectivity index (χ2n) is 6.11. The number of hydrogen-bond acceptors (Lipinski definition) is 4. The number of hydrogen-bond donors (Lipinski definition) is 1. The van der Waals surface area contributed by atoms with Gasteiger partial charge in [0.1, 0.15) is 6.04 Å². The van der Waals surface area contributed by atoms with E-state index in [-0.39, 0.29) is 12.5 Å². The Bertz CT molecular complexity index is 1040. The van der Waals surface area contributed by atoms with Crippen molar-refractivity contribution in [3.8, 4) is 0 Å². The number of nitrogens with one attached hydrogen (secondary N) is 1. The maximum atomic E-state index is 13.0. The van der Waals surface area contributed by atoms with E-state index in [1.54, 1.807) is 6.33 Å². The Kier molecular flexibility index (Phi) is 4.23. The van der Waals surface area contributed by atoms with Gasteiger partial charge in [-0.2, -0.15) is 0 Å². The number of benzene rings is 2. The minimum atomic E-state index is -0.521. The summed E-state index contributed by atoms with van der Waals surface area (Å²) >= 11 is 0. The molecule has 26 heavy (non-hydrogen) atoms. The van der Waals surface area contributed by atoms with Crippen LogP contribution in [0.3, 0.4) is 0 Å². The van der Waals surface area contributed by atoms with Crippen molar-refractivity contribution < 1.29 is 9.32 Å². The zero-order valence-electron chi connectivity index (χ0n) is 14.3. The number of imidazole rings is 1. The Morgan fingerprint density at radius 2 is 1.92 bits per heavy atom. The van der Waals surface area contributed by atoms with E-state index in [0.29, 0.717) is 5.76 Å². The zero-order valence-corrected chi connectivity index (χ0v) is 14.3. The second-order valence-corrected chi connectivity index (χ2v) is 6.11. The minimum Gasteiger partial charge on any atom is -0.359 e. The molecule has 0 bridgehead atoms. The van der Waals surface area contributed by atoms with Crippen LogP contribution in [0.1, 0.15) is 23.1 Å². The number of carbonyl (C=O) groups is 1. The number of nitrogens with zero attached hydrogens (tertiary/aromatic N) is 3. The first-order valence-corrected chi connectivity index (χ1v) is 8.39. The molecule has 0 radical (unpaired) electrons. The van der Waals surface area contributed by atoms with Crippen LogP contribution in [-0.2, 0) is 11.3 Å². The van der Waals surface area contributed by atoms with Gasteiger partial charge in [-0.3, -0.25) is 4.79 Å². The molecule has 0 saturated carbocycles. The number of aryl methyl sites for hydroxylation is 1. The maximum absolute atomic E-state index is 13.0. The molecule has 1 unspecified atom stereocenters. The van der Waals surface area contributed by atoms with Crippen LogP contribution in [-0.4, -0.2) is 20.6 Å². The Morgan fingerprint density at radius 1 is 1.15 bits per heavy atom. The van der Waals surface area contributed by atoms with Gasteiger partial charge in [0.2, 0.25) is 5.91 Å². The van der Waals surface area contributed by atoms with Crippen LogP contribution < -0.4 is 5.32 Å². The van der Waals surface area contributed by atoms with E-state index < -0.39 is 6.04 Å². The summed E-state index contributed by atoms with van der Waals surface area (Å²) in [6.07, 6.45) is 1.71. The Morgan fingerprint density at radius 3 is 2.69 bits per heavy atom.